The molecule has 0 bridgehead atoms. The highest BCUT2D eigenvalue weighted by Gasteiger charge is 2.13. The lowest BCUT2D eigenvalue weighted by Crippen LogP contribution is -2.10. The zero-order valence-corrected chi connectivity index (χ0v) is 11.1. The van der Waals surface area contributed by atoms with E-state index in [1.807, 2.05) is 0 Å². The van der Waals surface area contributed by atoms with E-state index in [0.29, 0.717) is 17.1 Å². The van der Waals surface area contributed by atoms with Crippen LogP contribution in [0, 0.1) is 4.84 Å². The van der Waals surface area contributed by atoms with Gasteiger partial charge in [-0.15, -0.1) is 5.10 Å². The molecule has 1 heterocycles. The van der Waals surface area contributed by atoms with Crippen molar-refractivity contribution in [2.75, 3.05) is 0 Å². The number of aromatic nitrogens is 2. The van der Waals surface area contributed by atoms with Gasteiger partial charge in [0, 0.05) is 0 Å². The summed E-state index contributed by atoms with van der Waals surface area (Å²) in [4.78, 5) is 0.325. The lowest BCUT2D eigenvalue weighted by Gasteiger charge is -2.18. The number of H-pyrrole nitrogens is 1. The first kappa shape index (κ1) is 12.0. The van der Waals surface area contributed by atoms with Gasteiger partial charge >= 0.3 is 0 Å². The maximum absolute atomic E-state index is 5.23. The van der Waals surface area contributed by atoms with E-state index in [4.69, 9.17) is 16.6 Å². The summed E-state index contributed by atoms with van der Waals surface area (Å²) in [7, 11) is 0. The third kappa shape index (κ3) is 3.03. The van der Waals surface area contributed by atoms with Gasteiger partial charge in [0.15, 0.2) is 0 Å². The molecule has 1 aromatic carbocycles. The number of benzene rings is 1. The number of nitrogens with zero attached hydrogens (tertiary/aromatic N) is 1. The van der Waals surface area contributed by atoms with Crippen molar-refractivity contribution in [1.82, 2.24) is 10.2 Å². The van der Waals surface area contributed by atoms with E-state index < -0.39 is 0 Å². The molecule has 0 fully saturated rings. The molecule has 17 heavy (non-hydrogen) atoms. The number of aromatic amines is 1. The standard InChI is InChI=1S/C13H16N2OS/c1-13(2,3)10-6-4-9(5-7-10)8-11-14-15-12(17)16-11/h4-7H,8H2,1-3H3,(H,15,17). The van der Waals surface area contributed by atoms with Crippen LogP contribution >= 0.6 is 12.2 Å². The highest BCUT2D eigenvalue weighted by molar-refractivity contribution is 7.71. The van der Waals surface area contributed by atoms with Gasteiger partial charge in [-0.2, -0.15) is 0 Å². The number of rotatable bonds is 2. The van der Waals surface area contributed by atoms with Crippen LogP contribution in [0.25, 0.3) is 0 Å². The minimum Gasteiger partial charge on any atom is -0.414 e. The normalized spacial score (nSPS) is 11.7. The molecule has 4 heteroatoms. The first-order chi connectivity index (χ1) is 7.95. The summed E-state index contributed by atoms with van der Waals surface area (Å²) in [5.41, 5.74) is 2.68. The number of hydrogen-bond acceptors (Lipinski definition) is 3. The Morgan fingerprint density at radius 2 is 1.88 bits per heavy atom. The summed E-state index contributed by atoms with van der Waals surface area (Å²) in [6.45, 7) is 6.61. The Labute approximate surface area is 106 Å². The summed E-state index contributed by atoms with van der Waals surface area (Å²) in [5.74, 6) is 0.624. The van der Waals surface area contributed by atoms with Gasteiger partial charge < -0.3 is 4.42 Å². The fraction of sp³-hybridized carbons (Fsp3) is 0.385. The molecule has 0 saturated heterocycles. The molecule has 1 N–H and O–H groups in total. The third-order valence-electron chi connectivity index (χ3n) is 2.66. The molecule has 3 nitrogen and oxygen atoms in total. The van der Waals surface area contributed by atoms with Crippen LogP contribution in [0.2, 0.25) is 0 Å². The van der Waals surface area contributed by atoms with E-state index in [9.17, 15) is 0 Å². The van der Waals surface area contributed by atoms with E-state index in [0.717, 1.165) is 0 Å². The molecule has 0 aliphatic carbocycles. The molecule has 0 saturated carbocycles. The van der Waals surface area contributed by atoms with Crippen LogP contribution in [-0.2, 0) is 11.8 Å². The van der Waals surface area contributed by atoms with Crippen molar-refractivity contribution < 1.29 is 4.42 Å². The SMILES string of the molecule is CC(C)(C)c1ccc(Cc2n[nH]c(=S)o2)cc1. The van der Waals surface area contributed by atoms with Crippen LogP contribution in [0.5, 0.6) is 0 Å². The Balaban J connectivity index is 2.16. The van der Waals surface area contributed by atoms with Gasteiger partial charge in [-0.1, -0.05) is 45.0 Å². The van der Waals surface area contributed by atoms with E-state index in [-0.39, 0.29) is 5.41 Å². The molecule has 0 atom stereocenters. The lowest BCUT2D eigenvalue weighted by molar-refractivity contribution is 0.491. The first-order valence-corrected chi connectivity index (χ1v) is 6.00. The predicted octanol–water partition coefficient (Wildman–Crippen LogP) is 3.62. The van der Waals surface area contributed by atoms with E-state index in [1.54, 1.807) is 0 Å². The molecule has 1 aromatic heterocycles. The summed E-state index contributed by atoms with van der Waals surface area (Å²) in [5, 5.41) is 6.61. The van der Waals surface area contributed by atoms with Gasteiger partial charge in [0.05, 0.1) is 6.42 Å². The van der Waals surface area contributed by atoms with Crippen molar-refractivity contribution in [2.24, 2.45) is 0 Å². The van der Waals surface area contributed by atoms with Gasteiger partial charge in [-0.25, -0.2) is 5.10 Å². The first-order valence-electron chi connectivity index (χ1n) is 5.59. The molecule has 0 amide bonds. The Bertz CT molecular complexity index is 546. The molecular weight excluding hydrogens is 232 g/mol. The van der Waals surface area contributed by atoms with Crippen molar-refractivity contribution in [2.45, 2.75) is 32.6 Å². The monoisotopic (exact) mass is 248 g/mol. The zero-order chi connectivity index (χ0) is 12.5. The highest BCUT2D eigenvalue weighted by Crippen LogP contribution is 2.22. The van der Waals surface area contributed by atoms with Crippen LogP contribution in [0.15, 0.2) is 28.7 Å². The second-order valence-electron chi connectivity index (χ2n) is 5.13. The molecule has 0 radical (unpaired) electrons. The minimum absolute atomic E-state index is 0.184. The van der Waals surface area contributed by atoms with Gasteiger partial charge in [0.1, 0.15) is 0 Å². The lowest BCUT2D eigenvalue weighted by atomic mass is 9.86. The molecule has 2 rings (SSSR count). The zero-order valence-electron chi connectivity index (χ0n) is 10.3. The van der Waals surface area contributed by atoms with Gasteiger partial charge in [0.25, 0.3) is 4.84 Å². The molecule has 0 aliphatic rings. The summed E-state index contributed by atoms with van der Waals surface area (Å²) in [6, 6.07) is 8.51. The fourth-order valence-electron chi connectivity index (χ4n) is 1.63. The van der Waals surface area contributed by atoms with Gasteiger partial charge in [-0.05, 0) is 28.8 Å². The van der Waals surface area contributed by atoms with Gasteiger partial charge in [-0.3, -0.25) is 0 Å². The Morgan fingerprint density at radius 1 is 1.24 bits per heavy atom. The van der Waals surface area contributed by atoms with E-state index in [1.165, 1.54) is 11.1 Å². The van der Waals surface area contributed by atoms with Crippen molar-refractivity contribution in [3.63, 3.8) is 0 Å². The number of hydrogen-bond donors (Lipinski definition) is 1. The van der Waals surface area contributed by atoms with Crippen LogP contribution < -0.4 is 0 Å². The van der Waals surface area contributed by atoms with Crippen molar-refractivity contribution in [1.29, 1.82) is 0 Å². The van der Waals surface area contributed by atoms with Gasteiger partial charge in [0.2, 0.25) is 5.89 Å². The highest BCUT2D eigenvalue weighted by atomic mass is 32.1. The summed E-state index contributed by atoms with van der Waals surface area (Å²) >= 11 is 4.83. The maximum Gasteiger partial charge on any atom is 0.284 e. The third-order valence-corrected chi connectivity index (χ3v) is 2.83. The van der Waals surface area contributed by atoms with E-state index in [2.05, 4.69) is 55.2 Å². The average Bonchev–Trinajstić information content (AvgIpc) is 2.63. The molecule has 2 aromatic rings. The quantitative estimate of drug-likeness (QED) is 0.825. The molecular formula is C13H16N2OS. The topological polar surface area (TPSA) is 41.8 Å². The maximum atomic E-state index is 5.23. The Hall–Kier alpha value is -1.42. The smallest absolute Gasteiger partial charge is 0.284 e. The summed E-state index contributed by atoms with van der Waals surface area (Å²) < 4.78 is 5.23. The van der Waals surface area contributed by atoms with E-state index >= 15 is 0 Å². The van der Waals surface area contributed by atoms with Crippen LogP contribution in [0.1, 0.15) is 37.8 Å². The largest absolute Gasteiger partial charge is 0.414 e. The van der Waals surface area contributed by atoms with Crippen molar-refractivity contribution in [3.05, 3.63) is 46.1 Å². The van der Waals surface area contributed by atoms with Crippen LogP contribution in [0.4, 0.5) is 0 Å². The molecule has 0 aliphatic heterocycles. The Morgan fingerprint density at radius 3 is 2.35 bits per heavy atom. The van der Waals surface area contributed by atoms with Crippen molar-refractivity contribution in [3.8, 4) is 0 Å². The minimum atomic E-state index is 0.184. The fourth-order valence-corrected chi connectivity index (χ4v) is 1.78. The van der Waals surface area contributed by atoms with Crippen LogP contribution in [-0.4, -0.2) is 10.2 Å². The second kappa shape index (κ2) is 4.45. The number of nitrogens with one attached hydrogen (secondary N) is 1. The molecule has 0 spiro atoms. The van der Waals surface area contributed by atoms with Crippen molar-refractivity contribution >= 4 is 12.2 Å². The second-order valence-corrected chi connectivity index (χ2v) is 5.50. The predicted molar refractivity (Wildman–Crippen MR) is 69.6 cm³/mol. The molecule has 90 valence electrons. The molecule has 0 unspecified atom stereocenters. The Kier molecular flexibility index (Phi) is 3.15. The average molecular weight is 248 g/mol. The van der Waals surface area contributed by atoms with Crippen LogP contribution in [0.3, 0.4) is 0 Å². The summed E-state index contributed by atoms with van der Waals surface area (Å²) in [6.07, 6.45) is 0.664.